The first-order valence-electron chi connectivity index (χ1n) is 9.04. The number of rotatable bonds is 2. The van der Waals surface area contributed by atoms with Crippen molar-refractivity contribution >= 4 is 16.5 Å². The van der Waals surface area contributed by atoms with Gasteiger partial charge in [0.15, 0.2) is 0 Å². The molecule has 1 aromatic carbocycles. The molecular weight excluding hydrogens is 310 g/mol. The topological polar surface area (TPSA) is 49.7 Å². The molecule has 2 aliphatic rings. The van der Waals surface area contributed by atoms with Gasteiger partial charge < -0.3 is 9.55 Å². The summed E-state index contributed by atoms with van der Waals surface area (Å²) < 4.78 is 2.20. The monoisotopic (exact) mass is 333 g/mol. The number of hydrogen-bond donors (Lipinski definition) is 1. The third kappa shape index (κ3) is 2.12. The molecule has 2 atom stereocenters. The number of nitrogens with zero attached hydrogens (tertiary/aromatic N) is 4. The highest BCUT2D eigenvalue weighted by Crippen LogP contribution is 2.42. The minimum absolute atomic E-state index is 0.275. The maximum atomic E-state index is 4.45. The van der Waals surface area contributed by atoms with Crippen molar-refractivity contribution in [3.05, 3.63) is 53.8 Å². The van der Waals surface area contributed by atoms with E-state index < -0.39 is 0 Å². The Kier molecular flexibility index (Phi) is 3.16. The van der Waals surface area contributed by atoms with E-state index >= 15 is 0 Å². The number of benzene rings is 1. The molecule has 0 fully saturated rings. The van der Waals surface area contributed by atoms with Gasteiger partial charge >= 0.3 is 0 Å². The van der Waals surface area contributed by atoms with Crippen LogP contribution in [0.5, 0.6) is 0 Å². The zero-order valence-electron chi connectivity index (χ0n) is 14.9. The van der Waals surface area contributed by atoms with Gasteiger partial charge in [0.2, 0.25) is 0 Å². The molecule has 0 amide bonds. The number of H-pyrrole nitrogens is 1. The highest BCUT2D eigenvalue weighted by atomic mass is 15.3. The highest BCUT2D eigenvalue weighted by molar-refractivity contribution is 5.98. The number of aromatic nitrogens is 4. The molecule has 5 rings (SSSR count). The second kappa shape index (κ2) is 5.30. The lowest BCUT2D eigenvalue weighted by atomic mass is 9.80. The minimum Gasteiger partial charge on any atom is -0.361 e. The van der Waals surface area contributed by atoms with E-state index in [2.05, 4.69) is 76.0 Å². The minimum atomic E-state index is 0.275. The Labute approximate surface area is 147 Å². The molecule has 128 valence electrons. The fourth-order valence-corrected chi connectivity index (χ4v) is 4.53. The average molecular weight is 333 g/mol. The normalized spacial score (nSPS) is 23.1. The predicted octanol–water partition coefficient (Wildman–Crippen LogP) is 3.38. The van der Waals surface area contributed by atoms with Crippen LogP contribution < -0.4 is 0 Å². The molecule has 0 saturated carbocycles. The molecule has 3 heterocycles. The Morgan fingerprint density at radius 3 is 3.00 bits per heavy atom. The maximum absolute atomic E-state index is 4.45. The van der Waals surface area contributed by atoms with Crippen LogP contribution in [-0.4, -0.2) is 44.3 Å². The summed E-state index contributed by atoms with van der Waals surface area (Å²) in [5, 5.41) is 10.0. The van der Waals surface area contributed by atoms with E-state index in [4.69, 9.17) is 0 Å². The van der Waals surface area contributed by atoms with Crippen LogP contribution in [0.1, 0.15) is 42.8 Å². The molecule has 1 aliphatic carbocycles. The molecule has 0 spiro atoms. The predicted molar refractivity (Wildman–Crippen MR) is 99.5 cm³/mol. The first kappa shape index (κ1) is 14.9. The SMILES string of the molecule is CC(C)n1cnnc1C1C=C2c3cccc4[nH]cc(c34)CC2N(C)C1. The molecule has 3 aromatic rings. The van der Waals surface area contributed by atoms with Crippen LogP contribution in [-0.2, 0) is 6.42 Å². The van der Waals surface area contributed by atoms with Crippen molar-refractivity contribution in [3.63, 3.8) is 0 Å². The summed E-state index contributed by atoms with van der Waals surface area (Å²) >= 11 is 0. The average Bonchev–Trinajstić information content (AvgIpc) is 3.24. The fraction of sp³-hybridized carbons (Fsp3) is 0.400. The van der Waals surface area contributed by atoms with Crippen LogP contribution in [0.2, 0.25) is 0 Å². The van der Waals surface area contributed by atoms with E-state index in [1.54, 1.807) is 0 Å². The number of nitrogens with one attached hydrogen (secondary N) is 1. The van der Waals surface area contributed by atoms with E-state index in [9.17, 15) is 0 Å². The zero-order valence-corrected chi connectivity index (χ0v) is 14.9. The van der Waals surface area contributed by atoms with Crippen LogP contribution >= 0.6 is 0 Å². The standard InChI is InChI=1S/C20H23N5/c1-12(2)25-11-22-23-20(25)14-7-16-15-5-4-6-17-19(15)13(9-21-17)8-18(16)24(3)10-14/h4-7,9,11-12,14,18,21H,8,10H2,1-3H3. The van der Waals surface area contributed by atoms with Gasteiger partial charge in [0.05, 0.1) is 5.92 Å². The molecule has 0 radical (unpaired) electrons. The van der Waals surface area contributed by atoms with Crippen LogP contribution in [0.25, 0.3) is 16.5 Å². The molecule has 2 unspecified atom stereocenters. The highest BCUT2D eigenvalue weighted by Gasteiger charge is 2.35. The van der Waals surface area contributed by atoms with E-state index in [-0.39, 0.29) is 5.92 Å². The van der Waals surface area contributed by atoms with Crippen LogP contribution in [0.15, 0.2) is 36.8 Å². The van der Waals surface area contributed by atoms with Gasteiger partial charge in [-0.25, -0.2) is 0 Å². The van der Waals surface area contributed by atoms with Crippen molar-refractivity contribution < 1.29 is 0 Å². The lowest BCUT2D eigenvalue weighted by Gasteiger charge is -2.39. The van der Waals surface area contributed by atoms with Gasteiger partial charge in [-0.3, -0.25) is 4.90 Å². The number of likely N-dealkylation sites (N-methyl/N-ethyl adjacent to an activating group) is 1. The van der Waals surface area contributed by atoms with E-state index in [0.29, 0.717) is 12.1 Å². The summed E-state index contributed by atoms with van der Waals surface area (Å²) in [6, 6.07) is 7.41. The molecule has 25 heavy (non-hydrogen) atoms. The van der Waals surface area contributed by atoms with Crippen molar-refractivity contribution in [1.82, 2.24) is 24.6 Å². The van der Waals surface area contributed by atoms with Crippen molar-refractivity contribution in [2.24, 2.45) is 0 Å². The Hall–Kier alpha value is -2.40. The van der Waals surface area contributed by atoms with Crippen molar-refractivity contribution in [3.8, 4) is 0 Å². The van der Waals surface area contributed by atoms with E-state index in [0.717, 1.165) is 18.8 Å². The summed E-state index contributed by atoms with van der Waals surface area (Å²) in [6.45, 7) is 5.35. The third-order valence-corrected chi connectivity index (χ3v) is 5.76. The summed E-state index contributed by atoms with van der Waals surface area (Å²) in [5.41, 5.74) is 5.48. The van der Waals surface area contributed by atoms with Gasteiger partial charge in [-0.1, -0.05) is 18.2 Å². The molecule has 1 N–H and O–H groups in total. The Morgan fingerprint density at radius 1 is 1.28 bits per heavy atom. The van der Waals surface area contributed by atoms with Gasteiger partial charge in [0.25, 0.3) is 0 Å². The second-order valence-corrected chi connectivity index (χ2v) is 7.62. The fourth-order valence-electron chi connectivity index (χ4n) is 4.53. The Morgan fingerprint density at radius 2 is 2.16 bits per heavy atom. The maximum Gasteiger partial charge on any atom is 0.141 e. The lowest BCUT2D eigenvalue weighted by molar-refractivity contribution is 0.262. The van der Waals surface area contributed by atoms with Gasteiger partial charge in [0, 0.05) is 35.7 Å². The zero-order chi connectivity index (χ0) is 17.1. The van der Waals surface area contributed by atoms with Gasteiger partial charge in [0.1, 0.15) is 12.2 Å². The van der Waals surface area contributed by atoms with Crippen molar-refractivity contribution in [2.45, 2.75) is 38.3 Å². The Bertz CT molecular complexity index is 977. The molecule has 5 heteroatoms. The second-order valence-electron chi connectivity index (χ2n) is 7.62. The van der Waals surface area contributed by atoms with E-state index in [1.807, 2.05) is 6.33 Å². The molecule has 0 saturated heterocycles. The van der Waals surface area contributed by atoms with Crippen molar-refractivity contribution in [2.75, 3.05) is 13.6 Å². The molecule has 1 aliphatic heterocycles. The Balaban J connectivity index is 1.67. The molecule has 5 nitrogen and oxygen atoms in total. The molecule has 2 aromatic heterocycles. The third-order valence-electron chi connectivity index (χ3n) is 5.76. The smallest absolute Gasteiger partial charge is 0.141 e. The summed E-state index contributed by atoms with van der Waals surface area (Å²) in [6.07, 6.45) is 7.55. The van der Waals surface area contributed by atoms with Crippen LogP contribution in [0.3, 0.4) is 0 Å². The number of aromatic amines is 1. The van der Waals surface area contributed by atoms with Gasteiger partial charge in [-0.2, -0.15) is 0 Å². The quantitative estimate of drug-likeness (QED) is 0.782. The van der Waals surface area contributed by atoms with Crippen LogP contribution in [0, 0.1) is 0 Å². The van der Waals surface area contributed by atoms with Crippen LogP contribution in [0.4, 0.5) is 0 Å². The molecular formula is C20H23N5. The largest absolute Gasteiger partial charge is 0.361 e. The summed E-state index contributed by atoms with van der Waals surface area (Å²) in [5.74, 6) is 1.34. The van der Waals surface area contributed by atoms with Gasteiger partial charge in [-0.15, -0.1) is 10.2 Å². The summed E-state index contributed by atoms with van der Waals surface area (Å²) in [4.78, 5) is 5.92. The lowest BCUT2D eigenvalue weighted by Crippen LogP contribution is -2.42. The van der Waals surface area contributed by atoms with Crippen molar-refractivity contribution in [1.29, 1.82) is 0 Å². The van der Waals surface area contributed by atoms with Gasteiger partial charge in [-0.05, 0) is 50.1 Å². The summed E-state index contributed by atoms with van der Waals surface area (Å²) in [7, 11) is 2.23. The van der Waals surface area contributed by atoms with E-state index in [1.165, 1.54) is 27.6 Å². The number of hydrogen-bond acceptors (Lipinski definition) is 3. The molecule has 0 bridgehead atoms. The number of fused-ring (bicyclic) bond motifs is 2. The first-order chi connectivity index (χ1) is 12.1. The first-order valence-corrected chi connectivity index (χ1v) is 9.04.